The molecule has 1 aliphatic rings. The molecule has 0 aromatic rings. The predicted molar refractivity (Wildman–Crippen MR) is 75.9 cm³/mol. The topological polar surface area (TPSA) is 30.5 Å². The van der Waals surface area contributed by atoms with E-state index in [0.29, 0.717) is 12.0 Å². The fraction of sp³-hybridized carbons (Fsp3) is 1.00. The van der Waals surface area contributed by atoms with Crippen LogP contribution < -0.4 is 5.32 Å². The Hall–Kier alpha value is -0.120. The molecule has 1 rings (SSSR count). The molecule has 1 aliphatic heterocycles. The smallest absolute Gasteiger partial charge is 0.0678 e. The van der Waals surface area contributed by atoms with E-state index in [-0.39, 0.29) is 17.3 Å². The second-order valence-corrected chi connectivity index (χ2v) is 6.82. The van der Waals surface area contributed by atoms with Gasteiger partial charge >= 0.3 is 0 Å². The Balaban J connectivity index is 2.72. The molecule has 0 radical (unpaired) electrons. The number of nitrogens with one attached hydrogen (secondary N) is 1. The molecular formula is C15H31NO2. The maximum atomic E-state index is 6.19. The second-order valence-electron chi connectivity index (χ2n) is 6.82. The van der Waals surface area contributed by atoms with Gasteiger partial charge in [-0.25, -0.2) is 0 Å². The summed E-state index contributed by atoms with van der Waals surface area (Å²) in [6, 6.07) is 0.370. The minimum Gasteiger partial charge on any atom is -0.377 e. The molecule has 2 atom stereocenters. The Bertz CT molecular complexity index is 261. The molecule has 0 spiro atoms. The third kappa shape index (κ3) is 4.22. The quantitative estimate of drug-likeness (QED) is 0.793. The van der Waals surface area contributed by atoms with Crippen molar-refractivity contribution in [1.82, 2.24) is 5.32 Å². The normalized spacial score (nSPS) is 27.7. The van der Waals surface area contributed by atoms with Crippen molar-refractivity contribution in [1.29, 1.82) is 0 Å². The Morgan fingerprint density at radius 1 is 1.28 bits per heavy atom. The van der Waals surface area contributed by atoms with Crippen LogP contribution in [0.3, 0.4) is 0 Å². The molecule has 3 heteroatoms. The third-order valence-electron chi connectivity index (χ3n) is 3.70. The average Bonchev–Trinajstić information content (AvgIpc) is 2.41. The summed E-state index contributed by atoms with van der Waals surface area (Å²) in [6.45, 7) is 16.8. The monoisotopic (exact) mass is 257 g/mol. The molecule has 1 N–H and O–H groups in total. The van der Waals surface area contributed by atoms with Gasteiger partial charge in [-0.05, 0) is 54.5 Å². The van der Waals surface area contributed by atoms with Crippen LogP contribution in [-0.4, -0.2) is 36.5 Å². The third-order valence-corrected chi connectivity index (χ3v) is 3.70. The summed E-state index contributed by atoms with van der Waals surface area (Å²) in [5.74, 6) is 0.492. The molecule has 18 heavy (non-hydrogen) atoms. The van der Waals surface area contributed by atoms with Gasteiger partial charge in [-0.1, -0.05) is 6.92 Å². The van der Waals surface area contributed by atoms with E-state index >= 15 is 0 Å². The second kappa shape index (κ2) is 5.89. The fourth-order valence-corrected chi connectivity index (χ4v) is 3.11. The highest BCUT2D eigenvalue weighted by Crippen LogP contribution is 2.43. The summed E-state index contributed by atoms with van der Waals surface area (Å²) in [5, 5.41) is 3.57. The van der Waals surface area contributed by atoms with Crippen molar-refractivity contribution < 1.29 is 9.47 Å². The minimum absolute atomic E-state index is 0.0281. The van der Waals surface area contributed by atoms with Crippen molar-refractivity contribution in [2.24, 2.45) is 5.92 Å². The number of rotatable bonds is 6. The summed E-state index contributed by atoms with van der Waals surface area (Å²) in [5.41, 5.74) is -0.115. The van der Waals surface area contributed by atoms with Gasteiger partial charge in [0, 0.05) is 12.0 Å². The summed E-state index contributed by atoms with van der Waals surface area (Å²) in [7, 11) is 0. The highest BCUT2D eigenvalue weighted by Gasteiger charge is 2.48. The summed E-state index contributed by atoms with van der Waals surface area (Å²) >= 11 is 0. The van der Waals surface area contributed by atoms with Gasteiger partial charge in [0.15, 0.2) is 0 Å². The first kappa shape index (κ1) is 15.9. The van der Waals surface area contributed by atoms with Crippen LogP contribution in [0, 0.1) is 5.92 Å². The fourth-order valence-electron chi connectivity index (χ4n) is 3.11. The zero-order valence-corrected chi connectivity index (χ0v) is 13.2. The molecule has 1 saturated heterocycles. The van der Waals surface area contributed by atoms with Crippen molar-refractivity contribution in [3.05, 3.63) is 0 Å². The Labute approximate surface area is 113 Å². The molecule has 0 aromatic carbocycles. The molecule has 1 heterocycles. The standard InChI is InChI=1S/C15H31NO2/c1-8-16-13(10-17-11(2)3)12-9-14(4,5)18-15(12,6)7/h11-13,16H,8-10H2,1-7H3. The summed E-state index contributed by atoms with van der Waals surface area (Å²) < 4.78 is 12.0. The largest absolute Gasteiger partial charge is 0.377 e. The lowest BCUT2D eigenvalue weighted by Gasteiger charge is -2.33. The van der Waals surface area contributed by atoms with Gasteiger partial charge in [0.05, 0.1) is 23.9 Å². The molecule has 0 saturated carbocycles. The van der Waals surface area contributed by atoms with Gasteiger partial charge in [0.25, 0.3) is 0 Å². The van der Waals surface area contributed by atoms with Crippen LogP contribution in [-0.2, 0) is 9.47 Å². The van der Waals surface area contributed by atoms with Crippen molar-refractivity contribution in [2.45, 2.75) is 78.2 Å². The molecule has 0 aliphatic carbocycles. The molecule has 0 bridgehead atoms. The molecule has 0 aromatic heterocycles. The number of hydrogen-bond donors (Lipinski definition) is 1. The Morgan fingerprint density at radius 3 is 2.28 bits per heavy atom. The van der Waals surface area contributed by atoms with Crippen molar-refractivity contribution in [3.63, 3.8) is 0 Å². The Kier molecular flexibility index (Phi) is 5.22. The first-order valence-electron chi connectivity index (χ1n) is 7.23. The van der Waals surface area contributed by atoms with Crippen LogP contribution in [0.25, 0.3) is 0 Å². The number of ether oxygens (including phenoxy) is 2. The lowest BCUT2D eigenvalue weighted by Crippen LogP contribution is -2.47. The first-order chi connectivity index (χ1) is 8.18. The zero-order chi connectivity index (χ0) is 14.0. The van der Waals surface area contributed by atoms with Gasteiger partial charge in [-0.2, -0.15) is 0 Å². The maximum absolute atomic E-state index is 6.19. The summed E-state index contributed by atoms with van der Waals surface area (Å²) in [6.07, 6.45) is 1.36. The van der Waals surface area contributed by atoms with E-state index < -0.39 is 0 Å². The van der Waals surface area contributed by atoms with Crippen LogP contribution in [0.5, 0.6) is 0 Å². The molecule has 3 nitrogen and oxygen atoms in total. The molecule has 1 fully saturated rings. The van der Waals surface area contributed by atoms with Crippen LogP contribution in [0.4, 0.5) is 0 Å². The highest BCUT2D eigenvalue weighted by molar-refractivity contribution is 4.99. The van der Waals surface area contributed by atoms with Gasteiger partial charge in [0.2, 0.25) is 0 Å². The zero-order valence-electron chi connectivity index (χ0n) is 13.2. The highest BCUT2D eigenvalue weighted by atomic mass is 16.5. The van der Waals surface area contributed by atoms with Crippen molar-refractivity contribution in [3.8, 4) is 0 Å². The lowest BCUT2D eigenvalue weighted by molar-refractivity contribution is -0.0815. The van der Waals surface area contributed by atoms with Gasteiger partial charge < -0.3 is 14.8 Å². The van der Waals surface area contributed by atoms with E-state index in [0.717, 1.165) is 19.6 Å². The van der Waals surface area contributed by atoms with Crippen LogP contribution >= 0.6 is 0 Å². The maximum Gasteiger partial charge on any atom is 0.0678 e. The predicted octanol–water partition coefficient (Wildman–Crippen LogP) is 2.98. The van der Waals surface area contributed by atoms with E-state index in [9.17, 15) is 0 Å². The van der Waals surface area contributed by atoms with Crippen LogP contribution in [0.2, 0.25) is 0 Å². The van der Waals surface area contributed by atoms with Gasteiger partial charge in [-0.15, -0.1) is 0 Å². The number of hydrogen-bond acceptors (Lipinski definition) is 3. The molecular weight excluding hydrogens is 226 g/mol. The van der Waals surface area contributed by atoms with Crippen molar-refractivity contribution in [2.75, 3.05) is 13.2 Å². The molecule has 108 valence electrons. The lowest BCUT2D eigenvalue weighted by atomic mass is 9.82. The van der Waals surface area contributed by atoms with Crippen LogP contribution in [0.15, 0.2) is 0 Å². The van der Waals surface area contributed by atoms with E-state index in [1.807, 2.05) is 0 Å². The van der Waals surface area contributed by atoms with E-state index in [1.165, 1.54) is 0 Å². The SMILES string of the molecule is CCNC(COC(C)C)C1CC(C)(C)OC1(C)C. The van der Waals surface area contributed by atoms with E-state index in [1.54, 1.807) is 0 Å². The van der Waals surface area contributed by atoms with Crippen molar-refractivity contribution >= 4 is 0 Å². The number of likely N-dealkylation sites (N-methyl/N-ethyl adjacent to an activating group) is 1. The summed E-state index contributed by atoms with van der Waals surface area (Å²) in [4.78, 5) is 0. The van der Waals surface area contributed by atoms with Crippen LogP contribution in [0.1, 0.15) is 54.9 Å². The van der Waals surface area contributed by atoms with E-state index in [4.69, 9.17) is 9.47 Å². The van der Waals surface area contributed by atoms with E-state index in [2.05, 4.69) is 53.8 Å². The average molecular weight is 257 g/mol. The minimum atomic E-state index is -0.0866. The van der Waals surface area contributed by atoms with Gasteiger partial charge in [0.1, 0.15) is 0 Å². The first-order valence-corrected chi connectivity index (χ1v) is 7.23. The van der Waals surface area contributed by atoms with Gasteiger partial charge in [-0.3, -0.25) is 0 Å². The Morgan fingerprint density at radius 2 is 1.89 bits per heavy atom. The molecule has 0 amide bonds. The molecule has 2 unspecified atom stereocenters.